The van der Waals surface area contributed by atoms with Gasteiger partial charge in [0.2, 0.25) is 5.91 Å². The van der Waals surface area contributed by atoms with Crippen molar-refractivity contribution in [3.8, 4) is 0 Å². The number of aromatic nitrogens is 2. The van der Waals surface area contributed by atoms with Gasteiger partial charge in [-0.1, -0.05) is 6.07 Å². The third-order valence-corrected chi connectivity index (χ3v) is 5.94. The van der Waals surface area contributed by atoms with E-state index in [1.54, 1.807) is 0 Å². The maximum Gasteiger partial charge on any atom is 0.435 e. The van der Waals surface area contributed by atoms with Crippen LogP contribution >= 0.6 is 0 Å². The van der Waals surface area contributed by atoms with Crippen molar-refractivity contribution >= 4 is 11.6 Å². The number of hydrogen-bond acceptors (Lipinski definition) is 4. The highest BCUT2D eigenvalue weighted by atomic mass is 19.4. The third-order valence-electron chi connectivity index (χ3n) is 5.94. The number of nitrogens with zero attached hydrogens (tertiary/aromatic N) is 2. The summed E-state index contributed by atoms with van der Waals surface area (Å²) in [5.41, 5.74) is -2.21. The van der Waals surface area contributed by atoms with Gasteiger partial charge in [0, 0.05) is 36.8 Å². The lowest BCUT2D eigenvalue weighted by Crippen LogP contribution is -2.41. The molecule has 0 unspecified atom stereocenters. The van der Waals surface area contributed by atoms with E-state index < -0.39 is 59.7 Å². The van der Waals surface area contributed by atoms with Gasteiger partial charge < -0.3 is 15.2 Å². The molecule has 1 aromatic heterocycles. The molecule has 3 heterocycles. The molecule has 6 nitrogen and oxygen atoms in total. The monoisotopic (exact) mass is 463 g/mol. The summed E-state index contributed by atoms with van der Waals surface area (Å²) in [6.45, 7) is 1.50. The van der Waals surface area contributed by atoms with Crippen molar-refractivity contribution in [3.05, 3.63) is 46.8 Å². The number of nitrogens with one attached hydrogen (secondary N) is 1. The number of fused-ring (bicyclic) bond motifs is 2. The van der Waals surface area contributed by atoms with Crippen LogP contribution in [0.25, 0.3) is 0 Å². The van der Waals surface area contributed by atoms with Crippen LogP contribution in [0.1, 0.15) is 34.7 Å². The lowest BCUT2D eigenvalue weighted by molar-refractivity contribution is -0.143. The van der Waals surface area contributed by atoms with E-state index in [2.05, 4.69) is 10.4 Å². The molecule has 0 aliphatic carbocycles. The predicted molar refractivity (Wildman–Crippen MR) is 98.5 cm³/mol. The van der Waals surface area contributed by atoms with Gasteiger partial charge in [0.05, 0.1) is 29.8 Å². The SMILES string of the molecule is Cc1ccc(C(F)(F)F)cc1NC(=O)[C@@H]1[C@@H](c2cn(C)nc2C(F)(F)F)[C@H]2O[C@@H]1C[C@@H]2O. The van der Waals surface area contributed by atoms with Gasteiger partial charge in [0.25, 0.3) is 0 Å². The van der Waals surface area contributed by atoms with E-state index in [1.165, 1.54) is 20.0 Å². The number of halogens is 6. The molecule has 12 heteroatoms. The summed E-state index contributed by atoms with van der Waals surface area (Å²) in [5, 5.41) is 16.1. The minimum absolute atomic E-state index is 0.0302. The molecule has 1 amide bonds. The molecule has 2 aliphatic rings. The number of hydrogen-bond donors (Lipinski definition) is 2. The Hall–Kier alpha value is -2.60. The molecule has 0 radical (unpaired) electrons. The van der Waals surface area contributed by atoms with E-state index in [1.807, 2.05) is 0 Å². The van der Waals surface area contributed by atoms with Gasteiger partial charge in [0.15, 0.2) is 5.69 Å². The number of carbonyl (C=O) groups is 1. The highest BCUT2D eigenvalue weighted by Gasteiger charge is 2.59. The van der Waals surface area contributed by atoms with Crippen LogP contribution in [0, 0.1) is 12.8 Å². The van der Waals surface area contributed by atoms with Crippen molar-refractivity contribution in [1.82, 2.24) is 9.78 Å². The summed E-state index contributed by atoms with van der Waals surface area (Å²) >= 11 is 0. The van der Waals surface area contributed by atoms with Crippen molar-refractivity contribution in [3.63, 3.8) is 0 Å². The zero-order valence-corrected chi connectivity index (χ0v) is 16.8. The standard InChI is InChI=1S/C20H19F6N3O3/c1-8-3-4-9(19(21,22)23)5-11(8)27-18(31)15-13-6-12(30)16(32-13)14(15)10-7-29(2)28-17(10)20(24,25)26/h3-5,7,12-16,30H,6H2,1-2H3,(H,27,31)/t12-,13+,14+,15-,16-/m0/s1. The van der Waals surface area contributed by atoms with Crippen molar-refractivity contribution in [2.75, 3.05) is 5.32 Å². The van der Waals surface area contributed by atoms with Crippen LogP contribution in [0.15, 0.2) is 24.4 Å². The molecule has 1 aromatic carbocycles. The Labute approximate surface area is 178 Å². The molecule has 2 bridgehead atoms. The Morgan fingerprint density at radius 3 is 2.53 bits per heavy atom. The molecule has 2 aromatic rings. The first-order valence-electron chi connectivity index (χ1n) is 9.70. The topological polar surface area (TPSA) is 76.4 Å². The number of benzene rings is 1. The highest BCUT2D eigenvalue weighted by molar-refractivity contribution is 5.95. The van der Waals surface area contributed by atoms with Crippen LogP contribution in [-0.4, -0.2) is 39.1 Å². The minimum Gasteiger partial charge on any atom is -0.390 e. The Morgan fingerprint density at radius 1 is 1.22 bits per heavy atom. The molecule has 174 valence electrons. The lowest BCUT2D eigenvalue weighted by atomic mass is 9.73. The second kappa shape index (κ2) is 7.48. The summed E-state index contributed by atoms with van der Waals surface area (Å²) < 4.78 is 86.4. The number of rotatable bonds is 3. The van der Waals surface area contributed by atoms with Crippen molar-refractivity contribution < 1.29 is 41.0 Å². The number of anilines is 1. The number of alkyl halides is 6. The smallest absolute Gasteiger partial charge is 0.390 e. The third kappa shape index (κ3) is 3.85. The average Bonchev–Trinajstić information content (AvgIpc) is 3.33. The largest absolute Gasteiger partial charge is 0.435 e. The van der Waals surface area contributed by atoms with Gasteiger partial charge in [-0.05, 0) is 24.6 Å². The second-order valence-electron chi connectivity index (χ2n) is 8.11. The quantitative estimate of drug-likeness (QED) is 0.682. The van der Waals surface area contributed by atoms with E-state index in [9.17, 15) is 36.2 Å². The van der Waals surface area contributed by atoms with Crippen LogP contribution in [0.4, 0.5) is 32.0 Å². The maximum absolute atomic E-state index is 13.6. The van der Waals surface area contributed by atoms with Gasteiger partial charge in [-0.25, -0.2) is 0 Å². The van der Waals surface area contributed by atoms with Crippen molar-refractivity contribution in [2.24, 2.45) is 13.0 Å². The number of carbonyl (C=O) groups excluding carboxylic acids is 1. The number of aryl methyl sites for hydroxylation is 2. The number of aliphatic hydroxyl groups is 1. The molecule has 2 aliphatic heterocycles. The Morgan fingerprint density at radius 2 is 1.91 bits per heavy atom. The summed E-state index contributed by atoms with van der Waals surface area (Å²) in [6, 6.07) is 2.84. The fraction of sp³-hybridized carbons (Fsp3) is 0.500. The molecular weight excluding hydrogens is 444 g/mol. The number of amides is 1. The molecule has 5 atom stereocenters. The number of aliphatic hydroxyl groups excluding tert-OH is 1. The van der Waals surface area contributed by atoms with Gasteiger partial charge >= 0.3 is 12.4 Å². The first-order valence-corrected chi connectivity index (χ1v) is 9.70. The van der Waals surface area contributed by atoms with Crippen LogP contribution in [0.3, 0.4) is 0 Å². The van der Waals surface area contributed by atoms with Crippen LogP contribution in [-0.2, 0) is 28.9 Å². The fourth-order valence-corrected chi connectivity index (χ4v) is 4.53. The van der Waals surface area contributed by atoms with Crippen LogP contribution in [0.5, 0.6) is 0 Å². The van der Waals surface area contributed by atoms with Gasteiger partial charge in [-0.3, -0.25) is 9.48 Å². The van der Waals surface area contributed by atoms with Gasteiger partial charge in [-0.2, -0.15) is 31.4 Å². The van der Waals surface area contributed by atoms with Gasteiger partial charge in [-0.15, -0.1) is 0 Å². The molecular formula is C20H19F6N3O3. The van der Waals surface area contributed by atoms with Crippen molar-refractivity contribution in [2.45, 2.75) is 49.9 Å². The lowest BCUT2D eigenvalue weighted by Gasteiger charge is -2.30. The van der Waals surface area contributed by atoms with Crippen LogP contribution in [0.2, 0.25) is 0 Å². The van der Waals surface area contributed by atoms with Crippen molar-refractivity contribution in [1.29, 1.82) is 0 Å². The minimum atomic E-state index is -4.80. The summed E-state index contributed by atoms with van der Waals surface area (Å²) in [6.07, 6.45) is -11.3. The van der Waals surface area contributed by atoms with E-state index in [-0.39, 0.29) is 17.7 Å². The summed E-state index contributed by atoms with van der Waals surface area (Å²) in [4.78, 5) is 13.1. The fourth-order valence-electron chi connectivity index (χ4n) is 4.53. The molecule has 2 fully saturated rings. The van der Waals surface area contributed by atoms with E-state index in [0.717, 1.165) is 23.0 Å². The molecule has 32 heavy (non-hydrogen) atoms. The average molecular weight is 463 g/mol. The Kier molecular flexibility index (Phi) is 5.28. The van der Waals surface area contributed by atoms with Gasteiger partial charge in [0.1, 0.15) is 0 Å². The molecule has 0 saturated carbocycles. The normalized spacial score (nSPS) is 27.7. The molecule has 2 saturated heterocycles. The highest BCUT2D eigenvalue weighted by Crippen LogP contribution is 2.51. The zero-order chi connectivity index (χ0) is 23.6. The van der Waals surface area contributed by atoms with E-state index in [4.69, 9.17) is 4.74 Å². The molecule has 4 rings (SSSR count). The Balaban J connectivity index is 1.70. The van der Waals surface area contributed by atoms with Crippen LogP contribution < -0.4 is 5.32 Å². The first kappa shape index (κ1) is 22.6. The van der Waals surface area contributed by atoms with E-state index in [0.29, 0.717) is 5.56 Å². The molecule has 0 spiro atoms. The second-order valence-corrected chi connectivity index (χ2v) is 8.11. The Bertz CT molecular complexity index is 1050. The first-order chi connectivity index (χ1) is 14.8. The predicted octanol–water partition coefficient (Wildman–Crippen LogP) is 3.64. The number of ether oxygens (including phenoxy) is 1. The zero-order valence-electron chi connectivity index (χ0n) is 16.8. The molecule has 2 N–H and O–H groups in total. The summed E-state index contributed by atoms with van der Waals surface area (Å²) in [5.74, 6) is -3.10. The summed E-state index contributed by atoms with van der Waals surface area (Å²) in [7, 11) is 1.30. The van der Waals surface area contributed by atoms with E-state index >= 15 is 0 Å². The maximum atomic E-state index is 13.6.